The lowest BCUT2D eigenvalue weighted by atomic mass is 10.1. The molecule has 3 aliphatic rings. The molecule has 0 bridgehead atoms. The second-order valence-corrected chi connectivity index (χ2v) is 7.81. The molecular weight excluding hydrogens is 364 g/mol. The number of hydrogen-bond acceptors (Lipinski definition) is 8. The summed E-state index contributed by atoms with van der Waals surface area (Å²) >= 11 is 0. The highest BCUT2D eigenvalue weighted by molar-refractivity contribution is 6.03. The SMILES string of the molecule is CCOC(=O)CN1CCN(C2=NC3C(C(=O)NC(=O)N3C)N2CC(C)C)CC1. The van der Waals surface area contributed by atoms with Crippen molar-refractivity contribution in [1.82, 2.24) is 24.9 Å². The summed E-state index contributed by atoms with van der Waals surface area (Å²) in [5.74, 6) is 0.591. The molecule has 0 aliphatic carbocycles. The first-order valence-electron chi connectivity index (χ1n) is 9.86. The molecule has 0 aromatic rings. The molecule has 10 heteroatoms. The highest BCUT2D eigenvalue weighted by atomic mass is 16.5. The Balaban J connectivity index is 1.72. The van der Waals surface area contributed by atoms with E-state index in [-0.39, 0.29) is 18.4 Å². The Bertz CT molecular complexity index is 658. The number of fused-ring (bicyclic) bond motifs is 1. The lowest BCUT2D eigenvalue weighted by molar-refractivity contribution is -0.144. The van der Waals surface area contributed by atoms with Gasteiger partial charge in [-0.05, 0) is 12.8 Å². The third-order valence-electron chi connectivity index (χ3n) is 5.21. The van der Waals surface area contributed by atoms with E-state index < -0.39 is 18.2 Å². The van der Waals surface area contributed by atoms with Gasteiger partial charge in [0.05, 0.1) is 13.2 Å². The van der Waals surface area contributed by atoms with Crippen molar-refractivity contribution in [2.75, 3.05) is 52.9 Å². The van der Waals surface area contributed by atoms with Gasteiger partial charge in [0.2, 0.25) is 0 Å². The van der Waals surface area contributed by atoms with Crippen molar-refractivity contribution in [2.24, 2.45) is 10.9 Å². The molecule has 3 heterocycles. The molecule has 0 aromatic heterocycles. The standard InChI is InChI=1S/C18H30N6O4/c1-5-28-13(25)11-22-6-8-23(9-7-22)17-19-15-14(24(17)10-12(2)3)16(26)20-18(27)21(15)4/h12,14-15H,5-11H2,1-4H3,(H,20,26,27). The van der Waals surface area contributed by atoms with E-state index in [0.29, 0.717) is 45.2 Å². The van der Waals surface area contributed by atoms with Crippen molar-refractivity contribution in [3.8, 4) is 0 Å². The maximum absolute atomic E-state index is 12.5. The highest BCUT2D eigenvalue weighted by Crippen LogP contribution is 2.26. The minimum absolute atomic E-state index is 0.210. The zero-order valence-corrected chi connectivity index (χ0v) is 17.1. The highest BCUT2D eigenvalue weighted by Gasteiger charge is 2.49. The lowest BCUT2D eigenvalue weighted by Gasteiger charge is -2.40. The van der Waals surface area contributed by atoms with Gasteiger partial charge in [-0.25, -0.2) is 9.79 Å². The second-order valence-electron chi connectivity index (χ2n) is 7.81. The molecule has 3 aliphatic heterocycles. The first kappa shape index (κ1) is 20.4. The number of imide groups is 1. The van der Waals surface area contributed by atoms with Crippen LogP contribution in [0.2, 0.25) is 0 Å². The number of nitrogens with zero attached hydrogens (tertiary/aromatic N) is 5. The Hall–Kier alpha value is -2.36. The first-order valence-corrected chi connectivity index (χ1v) is 9.86. The fourth-order valence-corrected chi connectivity index (χ4v) is 3.86. The summed E-state index contributed by atoms with van der Waals surface area (Å²) in [6, 6.07) is -0.919. The summed E-state index contributed by atoms with van der Waals surface area (Å²) in [5, 5.41) is 2.42. The maximum atomic E-state index is 12.5. The molecule has 28 heavy (non-hydrogen) atoms. The van der Waals surface area contributed by atoms with Crippen molar-refractivity contribution in [3.05, 3.63) is 0 Å². The smallest absolute Gasteiger partial charge is 0.325 e. The van der Waals surface area contributed by atoms with E-state index in [1.165, 1.54) is 4.90 Å². The van der Waals surface area contributed by atoms with Gasteiger partial charge in [0.25, 0.3) is 5.91 Å². The molecule has 0 saturated carbocycles. The number of amides is 3. The Labute approximate surface area is 165 Å². The minimum Gasteiger partial charge on any atom is -0.465 e. The number of esters is 1. The molecule has 0 radical (unpaired) electrons. The van der Waals surface area contributed by atoms with Gasteiger partial charge >= 0.3 is 12.0 Å². The largest absolute Gasteiger partial charge is 0.465 e. The van der Waals surface area contributed by atoms with Crippen LogP contribution in [0.1, 0.15) is 20.8 Å². The van der Waals surface area contributed by atoms with Crippen molar-refractivity contribution in [3.63, 3.8) is 0 Å². The van der Waals surface area contributed by atoms with E-state index >= 15 is 0 Å². The van der Waals surface area contributed by atoms with Crippen molar-refractivity contribution in [1.29, 1.82) is 0 Å². The Morgan fingerprint density at radius 2 is 1.93 bits per heavy atom. The first-order chi connectivity index (χ1) is 13.3. The molecule has 0 spiro atoms. The number of hydrogen-bond donors (Lipinski definition) is 1. The number of ether oxygens (including phenoxy) is 1. The molecule has 2 fully saturated rings. The zero-order chi connectivity index (χ0) is 20.4. The number of nitrogens with one attached hydrogen (secondary N) is 1. The topological polar surface area (TPSA) is 97.8 Å². The quantitative estimate of drug-likeness (QED) is 0.620. The Morgan fingerprint density at radius 1 is 1.25 bits per heavy atom. The van der Waals surface area contributed by atoms with Crippen LogP contribution >= 0.6 is 0 Å². The fraction of sp³-hybridized carbons (Fsp3) is 0.778. The molecule has 156 valence electrons. The van der Waals surface area contributed by atoms with Gasteiger partial charge in [-0.15, -0.1) is 0 Å². The number of likely N-dealkylation sites (N-methyl/N-ethyl adjacent to an activating group) is 1. The molecular formula is C18H30N6O4. The minimum atomic E-state index is -0.507. The van der Waals surface area contributed by atoms with Crippen LogP contribution in [0.25, 0.3) is 0 Å². The average Bonchev–Trinajstić information content (AvgIpc) is 3.00. The van der Waals surface area contributed by atoms with E-state index in [0.717, 1.165) is 5.96 Å². The van der Waals surface area contributed by atoms with Crippen molar-refractivity contribution in [2.45, 2.75) is 33.0 Å². The molecule has 1 N–H and O–H groups in total. The van der Waals surface area contributed by atoms with E-state index in [4.69, 9.17) is 9.73 Å². The predicted molar refractivity (Wildman–Crippen MR) is 103 cm³/mol. The van der Waals surface area contributed by atoms with Gasteiger partial charge in [-0.3, -0.25) is 19.8 Å². The van der Waals surface area contributed by atoms with Crippen molar-refractivity contribution < 1.29 is 19.1 Å². The normalized spacial score (nSPS) is 25.8. The van der Waals surface area contributed by atoms with Crippen LogP contribution in [-0.2, 0) is 14.3 Å². The molecule has 2 saturated heterocycles. The summed E-state index contributed by atoms with van der Waals surface area (Å²) < 4.78 is 5.02. The number of carbonyl (C=O) groups excluding carboxylic acids is 3. The van der Waals surface area contributed by atoms with E-state index in [1.807, 2.05) is 4.90 Å². The molecule has 3 amide bonds. The van der Waals surface area contributed by atoms with Crippen LogP contribution in [0.5, 0.6) is 0 Å². The van der Waals surface area contributed by atoms with Crippen LogP contribution in [0.4, 0.5) is 4.79 Å². The van der Waals surface area contributed by atoms with Crippen LogP contribution in [-0.4, -0.2) is 109 Å². The van der Waals surface area contributed by atoms with Gasteiger partial charge < -0.3 is 19.4 Å². The van der Waals surface area contributed by atoms with Crippen LogP contribution in [0, 0.1) is 5.92 Å². The van der Waals surface area contributed by atoms with Gasteiger partial charge in [0.1, 0.15) is 0 Å². The van der Waals surface area contributed by atoms with Gasteiger partial charge in [-0.2, -0.15) is 0 Å². The third kappa shape index (κ3) is 4.06. The monoisotopic (exact) mass is 394 g/mol. The van der Waals surface area contributed by atoms with E-state index in [1.54, 1.807) is 14.0 Å². The van der Waals surface area contributed by atoms with Gasteiger partial charge in [0.15, 0.2) is 18.2 Å². The van der Waals surface area contributed by atoms with Crippen LogP contribution < -0.4 is 5.32 Å². The number of aliphatic imine (C=N–C) groups is 1. The number of piperazine rings is 1. The lowest BCUT2D eigenvalue weighted by Crippen LogP contribution is -2.65. The summed E-state index contributed by atoms with van der Waals surface area (Å²) in [5.41, 5.74) is 0. The predicted octanol–water partition coefficient (Wildman–Crippen LogP) is -0.629. The van der Waals surface area contributed by atoms with Crippen LogP contribution in [0.3, 0.4) is 0 Å². The molecule has 10 nitrogen and oxygen atoms in total. The summed E-state index contributed by atoms with van der Waals surface area (Å²) in [6.07, 6.45) is -0.507. The molecule has 3 rings (SSSR count). The molecule has 2 unspecified atom stereocenters. The number of carbonyl (C=O) groups is 3. The third-order valence-corrected chi connectivity index (χ3v) is 5.21. The van der Waals surface area contributed by atoms with Crippen LogP contribution in [0.15, 0.2) is 4.99 Å². The fourth-order valence-electron chi connectivity index (χ4n) is 3.86. The van der Waals surface area contributed by atoms with E-state index in [2.05, 4.69) is 29.0 Å². The molecule has 2 atom stereocenters. The second kappa shape index (κ2) is 8.34. The Morgan fingerprint density at radius 3 is 2.54 bits per heavy atom. The van der Waals surface area contributed by atoms with Gasteiger partial charge in [0, 0.05) is 39.8 Å². The number of rotatable bonds is 5. The zero-order valence-electron chi connectivity index (χ0n) is 17.1. The average molecular weight is 394 g/mol. The molecule has 0 aromatic carbocycles. The van der Waals surface area contributed by atoms with Crippen molar-refractivity contribution >= 4 is 23.9 Å². The summed E-state index contributed by atoms with van der Waals surface area (Å²) in [4.78, 5) is 48.7. The summed E-state index contributed by atoms with van der Waals surface area (Å²) in [6.45, 7) is 10.2. The Kier molecular flexibility index (Phi) is 6.07. The number of guanidine groups is 1. The van der Waals surface area contributed by atoms with Gasteiger partial charge in [-0.1, -0.05) is 13.8 Å². The number of urea groups is 1. The maximum Gasteiger partial charge on any atom is 0.325 e. The van der Waals surface area contributed by atoms with E-state index in [9.17, 15) is 14.4 Å². The summed E-state index contributed by atoms with van der Waals surface area (Å²) in [7, 11) is 1.66.